The lowest BCUT2D eigenvalue weighted by molar-refractivity contribution is -0.125. The number of nitrogens with zero attached hydrogens (tertiary/aromatic N) is 1. The van der Waals surface area contributed by atoms with Crippen LogP contribution in [0.1, 0.15) is 31.1 Å². The summed E-state index contributed by atoms with van der Waals surface area (Å²) in [5.74, 6) is -0.685. The van der Waals surface area contributed by atoms with Gasteiger partial charge >= 0.3 is 0 Å². The molecule has 25 heavy (non-hydrogen) atoms. The van der Waals surface area contributed by atoms with Gasteiger partial charge in [0.25, 0.3) is 5.91 Å². The van der Waals surface area contributed by atoms with Crippen molar-refractivity contribution in [1.82, 2.24) is 10.3 Å². The van der Waals surface area contributed by atoms with E-state index in [1.54, 1.807) is 57.2 Å². The van der Waals surface area contributed by atoms with Crippen LogP contribution in [-0.4, -0.2) is 22.3 Å². The zero-order valence-electron chi connectivity index (χ0n) is 14.2. The van der Waals surface area contributed by atoms with Gasteiger partial charge in [-0.25, -0.2) is 4.98 Å². The molecular weight excluding hydrogens is 342 g/mol. The smallest absolute Gasteiger partial charge is 0.257 e. The van der Waals surface area contributed by atoms with Gasteiger partial charge in [0.05, 0.1) is 0 Å². The van der Waals surface area contributed by atoms with Gasteiger partial charge in [0.1, 0.15) is 16.9 Å². The number of carbonyl (C=O) groups excluding carboxylic acids is 2. The number of halogens is 1. The van der Waals surface area contributed by atoms with E-state index in [1.165, 1.54) is 6.20 Å². The summed E-state index contributed by atoms with van der Waals surface area (Å²) in [5, 5.41) is 3.26. The molecular formula is C18H20ClN3O3. The van der Waals surface area contributed by atoms with E-state index in [1.807, 2.05) is 0 Å². The van der Waals surface area contributed by atoms with E-state index in [0.29, 0.717) is 10.8 Å². The number of benzene rings is 1. The lowest BCUT2D eigenvalue weighted by atomic mass is 9.87. The Balaban J connectivity index is 2.29. The maximum Gasteiger partial charge on any atom is 0.257 e. The molecule has 0 radical (unpaired) electrons. The first kappa shape index (κ1) is 18.7. The van der Waals surface area contributed by atoms with Gasteiger partial charge in [-0.15, -0.1) is 0 Å². The van der Waals surface area contributed by atoms with E-state index in [2.05, 4.69) is 10.3 Å². The second-order valence-corrected chi connectivity index (χ2v) is 6.52. The average Bonchev–Trinajstić information content (AvgIpc) is 2.57. The van der Waals surface area contributed by atoms with Crippen molar-refractivity contribution in [2.24, 2.45) is 11.7 Å². The Hall–Kier alpha value is -2.60. The summed E-state index contributed by atoms with van der Waals surface area (Å²) < 4.78 is 5.67. The largest absolute Gasteiger partial charge is 0.438 e. The number of ether oxygens (including phenoxy) is 1. The van der Waals surface area contributed by atoms with E-state index in [9.17, 15) is 9.59 Å². The number of primary amides is 1. The SMILES string of the molecule is CC(C)[C@@](C)(NC(=O)c1cccnc1Oc1ccc(Cl)cc1)C(N)=O. The van der Waals surface area contributed by atoms with Gasteiger partial charge in [0.2, 0.25) is 11.8 Å². The minimum atomic E-state index is -1.19. The Bertz CT molecular complexity index is 777. The summed E-state index contributed by atoms with van der Waals surface area (Å²) in [6.45, 7) is 5.20. The predicted octanol–water partition coefficient (Wildman–Crippen LogP) is 3.16. The van der Waals surface area contributed by atoms with Crippen molar-refractivity contribution in [3.8, 4) is 11.6 Å². The zero-order valence-corrected chi connectivity index (χ0v) is 15.0. The van der Waals surface area contributed by atoms with Crippen molar-refractivity contribution >= 4 is 23.4 Å². The summed E-state index contributed by atoms with van der Waals surface area (Å²) >= 11 is 5.85. The van der Waals surface area contributed by atoms with E-state index in [0.717, 1.165) is 0 Å². The second-order valence-electron chi connectivity index (χ2n) is 6.09. The van der Waals surface area contributed by atoms with Gasteiger partial charge in [0, 0.05) is 11.2 Å². The Morgan fingerprint density at radius 2 is 1.88 bits per heavy atom. The number of rotatable bonds is 6. The van der Waals surface area contributed by atoms with Crippen LogP contribution in [0.4, 0.5) is 0 Å². The van der Waals surface area contributed by atoms with E-state index in [-0.39, 0.29) is 17.4 Å². The molecule has 0 saturated carbocycles. The van der Waals surface area contributed by atoms with Crippen LogP contribution < -0.4 is 15.8 Å². The van der Waals surface area contributed by atoms with Crippen LogP contribution >= 0.6 is 11.6 Å². The molecule has 0 spiro atoms. The van der Waals surface area contributed by atoms with Crippen molar-refractivity contribution in [1.29, 1.82) is 0 Å². The Morgan fingerprint density at radius 3 is 2.44 bits per heavy atom. The van der Waals surface area contributed by atoms with Crippen LogP contribution in [0, 0.1) is 5.92 Å². The predicted molar refractivity (Wildman–Crippen MR) is 95.7 cm³/mol. The second kappa shape index (κ2) is 7.53. The van der Waals surface area contributed by atoms with Gasteiger partial charge in [-0.3, -0.25) is 9.59 Å². The highest BCUT2D eigenvalue weighted by Gasteiger charge is 2.37. The summed E-state index contributed by atoms with van der Waals surface area (Å²) in [5.41, 5.74) is 4.47. The molecule has 132 valence electrons. The normalized spacial score (nSPS) is 13.2. The summed E-state index contributed by atoms with van der Waals surface area (Å²) in [4.78, 5) is 28.6. The molecule has 1 heterocycles. The van der Waals surface area contributed by atoms with E-state index < -0.39 is 17.4 Å². The third kappa shape index (κ3) is 4.28. The quantitative estimate of drug-likeness (QED) is 0.826. The molecule has 1 aromatic heterocycles. The van der Waals surface area contributed by atoms with Crippen LogP contribution in [0.15, 0.2) is 42.6 Å². The van der Waals surface area contributed by atoms with Crippen molar-refractivity contribution in [3.63, 3.8) is 0 Å². The summed E-state index contributed by atoms with van der Waals surface area (Å²) in [6, 6.07) is 9.85. The molecule has 3 N–H and O–H groups in total. The monoisotopic (exact) mass is 361 g/mol. The number of pyridine rings is 1. The third-order valence-corrected chi connectivity index (χ3v) is 4.34. The molecule has 0 unspecified atom stereocenters. The minimum absolute atomic E-state index is 0.123. The maximum absolute atomic E-state index is 12.7. The highest BCUT2D eigenvalue weighted by molar-refractivity contribution is 6.30. The number of amides is 2. The van der Waals surface area contributed by atoms with Crippen molar-refractivity contribution in [2.75, 3.05) is 0 Å². The fourth-order valence-electron chi connectivity index (χ4n) is 2.05. The molecule has 0 aliphatic heterocycles. The molecule has 2 amide bonds. The summed E-state index contributed by atoms with van der Waals surface area (Å²) in [7, 11) is 0. The van der Waals surface area contributed by atoms with E-state index >= 15 is 0 Å². The fraction of sp³-hybridized carbons (Fsp3) is 0.278. The van der Waals surface area contributed by atoms with Crippen LogP contribution in [0.25, 0.3) is 0 Å². The topological polar surface area (TPSA) is 94.3 Å². The standard InChI is InChI=1S/C18H20ClN3O3/c1-11(2)18(3,17(20)24)22-15(23)14-5-4-10-21-16(14)25-13-8-6-12(19)7-9-13/h4-11H,1-3H3,(H2,20,24)(H,22,23)/t18-/m1/s1. The molecule has 2 rings (SSSR count). The molecule has 0 aliphatic carbocycles. The number of hydrogen-bond acceptors (Lipinski definition) is 4. The molecule has 0 aliphatic rings. The van der Waals surface area contributed by atoms with Crippen LogP contribution in [0.2, 0.25) is 5.02 Å². The molecule has 1 aromatic carbocycles. The fourth-order valence-corrected chi connectivity index (χ4v) is 2.18. The lowest BCUT2D eigenvalue weighted by Crippen LogP contribution is -2.58. The molecule has 0 saturated heterocycles. The number of nitrogens with one attached hydrogen (secondary N) is 1. The molecule has 2 aromatic rings. The minimum Gasteiger partial charge on any atom is -0.438 e. The third-order valence-electron chi connectivity index (χ3n) is 4.08. The number of nitrogens with two attached hydrogens (primary N) is 1. The Labute approximate surface area is 151 Å². The van der Waals surface area contributed by atoms with Gasteiger partial charge in [-0.1, -0.05) is 25.4 Å². The molecule has 1 atom stereocenters. The van der Waals surface area contributed by atoms with Crippen LogP contribution in [0.3, 0.4) is 0 Å². The average molecular weight is 362 g/mol. The Morgan fingerprint density at radius 1 is 1.24 bits per heavy atom. The van der Waals surface area contributed by atoms with Gasteiger partial charge in [0.15, 0.2) is 0 Å². The van der Waals surface area contributed by atoms with Crippen molar-refractivity contribution in [3.05, 3.63) is 53.2 Å². The van der Waals surface area contributed by atoms with Gasteiger partial charge in [-0.05, 0) is 49.2 Å². The molecule has 6 nitrogen and oxygen atoms in total. The first-order valence-corrected chi connectivity index (χ1v) is 8.12. The first-order valence-electron chi connectivity index (χ1n) is 7.75. The van der Waals surface area contributed by atoms with Crippen molar-refractivity contribution < 1.29 is 14.3 Å². The molecule has 0 bridgehead atoms. The molecule has 7 heteroatoms. The van der Waals surface area contributed by atoms with Gasteiger partial charge < -0.3 is 15.8 Å². The van der Waals surface area contributed by atoms with Crippen LogP contribution in [0.5, 0.6) is 11.6 Å². The maximum atomic E-state index is 12.7. The summed E-state index contributed by atoms with van der Waals surface area (Å²) in [6.07, 6.45) is 1.51. The van der Waals surface area contributed by atoms with E-state index in [4.69, 9.17) is 22.1 Å². The molecule has 0 fully saturated rings. The number of carbonyl (C=O) groups is 2. The van der Waals surface area contributed by atoms with Gasteiger partial charge in [-0.2, -0.15) is 0 Å². The zero-order chi connectivity index (χ0) is 18.6. The first-order chi connectivity index (χ1) is 11.7. The number of hydrogen-bond donors (Lipinski definition) is 2. The van der Waals surface area contributed by atoms with Crippen molar-refractivity contribution in [2.45, 2.75) is 26.3 Å². The van der Waals surface area contributed by atoms with Crippen LogP contribution in [-0.2, 0) is 4.79 Å². The lowest BCUT2D eigenvalue weighted by Gasteiger charge is -2.31. The Kier molecular flexibility index (Phi) is 5.64. The highest BCUT2D eigenvalue weighted by atomic mass is 35.5. The highest BCUT2D eigenvalue weighted by Crippen LogP contribution is 2.25. The number of aromatic nitrogens is 1.